The van der Waals surface area contributed by atoms with E-state index in [1.54, 1.807) is 4.57 Å². The second-order valence-corrected chi connectivity index (χ2v) is 3.31. The zero-order chi connectivity index (χ0) is 9.68. The Labute approximate surface area is 80.5 Å². The Kier molecular flexibility index (Phi) is 3.85. The summed E-state index contributed by atoms with van der Waals surface area (Å²) >= 11 is 1.43. The van der Waals surface area contributed by atoms with Crippen LogP contribution in [0, 0.1) is 0 Å². The first-order valence-electron chi connectivity index (χ1n) is 3.99. The molecule has 0 N–H and O–H groups in total. The fourth-order valence-electron chi connectivity index (χ4n) is 0.763. The predicted octanol–water partition coefficient (Wildman–Crippen LogP) is 0.550. The number of hydrogen-bond acceptors (Lipinski definition) is 3. The topological polar surface area (TPSA) is 43.6 Å². The summed E-state index contributed by atoms with van der Waals surface area (Å²) < 4.78 is 6.74. The number of hydrogen-bond donors (Lipinski definition) is 0. The molecule has 1 rings (SSSR count). The van der Waals surface area contributed by atoms with Crippen LogP contribution in [0.1, 0.15) is 6.92 Å². The van der Waals surface area contributed by atoms with Gasteiger partial charge < -0.3 is 9.30 Å². The molecule has 0 aliphatic carbocycles. The van der Waals surface area contributed by atoms with E-state index in [-0.39, 0.29) is 12.5 Å². The number of carbonyl (C=O) groups is 1. The minimum atomic E-state index is -0.236. The molecule has 1 heterocycles. The average molecular weight is 200 g/mol. The van der Waals surface area contributed by atoms with Crippen molar-refractivity contribution in [1.29, 1.82) is 0 Å². The van der Waals surface area contributed by atoms with Crippen molar-refractivity contribution in [2.24, 2.45) is 12.0 Å². The van der Waals surface area contributed by atoms with Gasteiger partial charge in [0, 0.05) is 25.2 Å². The van der Waals surface area contributed by atoms with Crippen LogP contribution in [0.2, 0.25) is 0 Å². The highest BCUT2D eigenvalue weighted by Gasteiger charge is 1.98. The summed E-state index contributed by atoms with van der Waals surface area (Å²) in [6.45, 7) is 2.45. The van der Waals surface area contributed by atoms with Gasteiger partial charge in [-0.2, -0.15) is 4.99 Å². The van der Waals surface area contributed by atoms with E-state index < -0.39 is 0 Å². The molecular formula is C8H12N2O2S. The molecule has 0 aromatic carbocycles. The van der Waals surface area contributed by atoms with Crippen LogP contribution in [0.25, 0.3) is 0 Å². The van der Waals surface area contributed by atoms with Gasteiger partial charge in [-0.15, -0.1) is 11.3 Å². The first-order chi connectivity index (χ1) is 6.24. The Balaban J connectivity index is 2.66. The number of ether oxygens (including phenoxy) is 1. The molecule has 0 bridgehead atoms. The van der Waals surface area contributed by atoms with Gasteiger partial charge in [0.15, 0.2) is 4.80 Å². The monoisotopic (exact) mass is 200 g/mol. The van der Waals surface area contributed by atoms with Gasteiger partial charge in [-0.3, -0.25) is 4.79 Å². The van der Waals surface area contributed by atoms with Crippen molar-refractivity contribution in [2.45, 2.75) is 6.92 Å². The van der Waals surface area contributed by atoms with E-state index in [4.69, 9.17) is 4.74 Å². The molecule has 0 saturated carbocycles. The Morgan fingerprint density at radius 1 is 1.77 bits per heavy atom. The molecule has 1 amide bonds. The summed E-state index contributed by atoms with van der Waals surface area (Å²) in [5.74, 6) is -0.236. The first kappa shape index (κ1) is 10.1. The lowest BCUT2D eigenvalue weighted by molar-refractivity contribution is -0.122. The number of carbonyl (C=O) groups excluding carboxylic acids is 1. The van der Waals surface area contributed by atoms with Crippen LogP contribution in [0.5, 0.6) is 0 Å². The van der Waals surface area contributed by atoms with Crippen LogP contribution < -0.4 is 4.80 Å². The van der Waals surface area contributed by atoms with Crippen LogP contribution in [-0.2, 0) is 16.6 Å². The van der Waals surface area contributed by atoms with Crippen molar-refractivity contribution in [3.63, 3.8) is 0 Å². The van der Waals surface area contributed by atoms with Crippen LogP contribution in [0.4, 0.5) is 0 Å². The molecule has 13 heavy (non-hydrogen) atoms. The molecule has 4 nitrogen and oxygen atoms in total. The normalized spacial score (nSPS) is 12.0. The largest absolute Gasteiger partial charge is 0.372 e. The number of nitrogens with zero attached hydrogens (tertiary/aromatic N) is 2. The third-order valence-electron chi connectivity index (χ3n) is 1.41. The minimum Gasteiger partial charge on any atom is -0.372 e. The maximum atomic E-state index is 11.1. The second kappa shape index (κ2) is 4.94. The third kappa shape index (κ3) is 3.12. The minimum absolute atomic E-state index is 0.0639. The van der Waals surface area contributed by atoms with Gasteiger partial charge in [0.1, 0.15) is 6.61 Å². The van der Waals surface area contributed by atoms with Gasteiger partial charge in [0.2, 0.25) is 0 Å². The lowest BCUT2D eigenvalue weighted by Crippen LogP contribution is -2.15. The molecule has 0 saturated heterocycles. The molecule has 0 atom stereocenters. The van der Waals surface area contributed by atoms with E-state index in [9.17, 15) is 4.79 Å². The van der Waals surface area contributed by atoms with E-state index in [0.717, 1.165) is 0 Å². The molecule has 0 unspecified atom stereocenters. The van der Waals surface area contributed by atoms with Crippen LogP contribution in [0.15, 0.2) is 16.6 Å². The Morgan fingerprint density at radius 3 is 3.08 bits per heavy atom. The number of thiazole rings is 1. The van der Waals surface area contributed by atoms with Crippen molar-refractivity contribution in [2.75, 3.05) is 13.2 Å². The van der Waals surface area contributed by atoms with Crippen molar-refractivity contribution in [1.82, 2.24) is 4.57 Å². The summed E-state index contributed by atoms with van der Waals surface area (Å²) in [7, 11) is 1.85. The smallest absolute Gasteiger partial charge is 0.274 e. The van der Waals surface area contributed by atoms with Crippen molar-refractivity contribution in [3.05, 3.63) is 16.4 Å². The standard InChI is InChI=1S/C8H12N2O2S/c1-3-12-6-7(11)9-8-10(2)4-5-13-8/h4-5H,3,6H2,1-2H3. The second-order valence-electron chi connectivity index (χ2n) is 2.44. The molecule has 72 valence electrons. The van der Waals surface area contributed by atoms with Crippen molar-refractivity contribution in [3.8, 4) is 0 Å². The molecule has 0 aliphatic rings. The molecule has 0 radical (unpaired) electrons. The Hall–Kier alpha value is -0.940. The number of aromatic nitrogens is 1. The van der Waals surface area contributed by atoms with Crippen molar-refractivity contribution >= 4 is 17.2 Å². The highest BCUT2D eigenvalue weighted by Crippen LogP contribution is 1.87. The summed E-state index contributed by atoms with van der Waals surface area (Å²) in [5.41, 5.74) is 0. The fraction of sp³-hybridized carbons (Fsp3) is 0.500. The highest BCUT2D eigenvalue weighted by molar-refractivity contribution is 7.07. The molecule has 1 aromatic rings. The fourth-order valence-corrected chi connectivity index (χ4v) is 1.51. The molecule has 5 heteroatoms. The quantitative estimate of drug-likeness (QED) is 0.715. The van der Waals surface area contributed by atoms with Gasteiger partial charge in [-0.05, 0) is 6.92 Å². The third-order valence-corrected chi connectivity index (χ3v) is 2.26. The van der Waals surface area contributed by atoms with Gasteiger partial charge in [-0.25, -0.2) is 0 Å². The molecule has 0 aliphatic heterocycles. The lowest BCUT2D eigenvalue weighted by Gasteiger charge is -1.94. The molecule has 0 fully saturated rings. The van der Waals surface area contributed by atoms with E-state index in [0.29, 0.717) is 11.4 Å². The van der Waals surface area contributed by atoms with E-state index in [1.807, 2.05) is 25.5 Å². The summed E-state index contributed by atoms with van der Waals surface area (Å²) in [5, 5.41) is 1.88. The Bertz CT molecular complexity index is 340. The number of rotatable bonds is 3. The van der Waals surface area contributed by atoms with E-state index in [2.05, 4.69) is 4.99 Å². The predicted molar refractivity (Wildman–Crippen MR) is 50.4 cm³/mol. The molecule has 1 aromatic heterocycles. The molecule has 0 spiro atoms. The van der Waals surface area contributed by atoms with Gasteiger partial charge in [0.25, 0.3) is 5.91 Å². The maximum Gasteiger partial charge on any atom is 0.274 e. The van der Waals surface area contributed by atoms with Crippen LogP contribution >= 0.6 is 11.3 Å². The summed E-state index contributed by atoms with van der Waals surface area (Å²) in [6.07, 6.45) is 1.86. The number of amides is 1. The van der Waals surface area contributed by atoms with E-state index >= 15 is 0 Å². The van der Waals surface area contributed by atoms with E-state index in [1.165, 1.54) is 11.3 Å². The number of aryl methyl sites for hydroxylation is 1. The summed E-state index contributed by atoms with van der Waals surface area (Å²) in [4.78, 5) is 15.7. The molecular weight excluding hydrogens is 188 g/mol. The van der Waals surface area contributed by atoms with Crippen molar-refractivity contribution < 1.29 is 9.53 Å². The lowest BCUT2D eigenvalue weighted by atomic mass is 10.7. The van der Waals surface area contributed by atoms with Gasteiger partial charge in [-0.1, -0.05) is 0 Å². The zero-order valence-electron chi connectivity index (χ0n) is 7.69. The first-order valence-corrected chi connectivity index (χ1v) is 4.87. The van der Waals surface area contributed by atoms with Gasteiger partial charge in [0.05, 0.1) is 0 Å². The maximum absolute atomic E-state index is 11.1. The van der Waals surface area contributed by atoms with Gasteiger partial charge >= 0.3 is 0 Å². The highest BCUT2D eigenvalue weighted by atomic mass is 32.1. The zero-order valence-corrected chi connectivity index (χ0v) is 8.50. The average Bonchev–Trinajstić information content (AvgIpc) is 2.48. The SMILES string of the molecule is CCOCC(=O)N=c1sccn1C. The summed E-state index contributed by atoms with van der Waals surface area (Å²) in [6, 6.07) is 0. The van der Waals surface area contributed by atoms with Crippen LogP contribution in [-0.4, -0.2) is 23.7 Å². The Morgan fingerprint density at radius 2 is 2.54 bits per heavy atom. The van der Waals surface area contributed by atoms with Crippen LogP contribution in [0.3, 0.4) is 0 Å².